The first kappa shape index (κ1) is 43.4. The van der Waals surface area contributed by atoms with Crippen molar-refractivity contribution in [1.29, 1.82) is 0 Å². The topological polar surface area (TPSA) is 361 Å². The van der Waals surface area contributed by atoms with Crippen molar-refractivity contribution in [2.75, 3.05) is 21.9 Å². The summed E-state index contributed by atoms with van der Waals surface area (Å²) in [5.41, 5.74) is 17.2. The second-order valence-electron chi connectivity index (χ2n) is 12.5. The molecule has 0 fully saturated rings. The van der Waals surface area contributed by atoms with Crippen LogP contribution >= 0.6 is 0 Å². The highest BCUT2D eigenvalue weighted by Gasteiger charge is 2.28. The lowest BCUT2D eigenvalue weighted by Gasteiger charge is -2.14. The van der Waals surface area contributed by atoms with Crippen molar-refractivity contribution in [3.05, 3.63) is 115 Å². The fourth-order valence-electron chi connectivity index (χ4n) is 5.40. The van der Waals surface area contributed by atoms with E-state index in [-0.39, 0.29) is 26.9 Å². The lowest BCUT2D eigenvalue weighted by Crippen LogP contribution is -2.12. The third-order valence-corrected chi connectivity index (χ3v) is 12.9. The molecule has 0 radical (unpaired) electrons. The van der Waals surface area contributed by atoms with Crippen molar-refractivity contribution in [2.45, 2.75) is 19.6 Å². The molecule has 0 aliphatic rings. The van der Waals surface area contributed by atoms with Crippen LogP contribution in [0.2, 0.25) is 0 Å². The van der Waals surface area contributed by atoms with Gasteiger partial charge >= 0.3 is 0 Å². The van der Waals surface area contributed by atoms with Gasteiger partial charge in [-0.2, -0.15) is 32.2 Å². The molecule has 0 saturated heterocycles. The van der Waals surface area contributed by atoms with Crippen LogP contribution in [0.1, 0.15) is 0 Å². The molecule has 0 aliphatic carbocycles. The van der Waals surface area contributed by atoms with Gasteiger partial charge in [-0.25, -0.2) is 16.8 Å². The van der Waals surface area contributed by atoms with E-state index in [9.17, 15) is 47.9 Å². The summed E-state index contributed by atoms with van der Waals surface area (Å²) < 4.78 is 123. The predicted octanol–water partition coefficient (Wildman–Crippen LogP) is 7.75. The minimum Gasteiger partial charge on any atom is -0.505 e. The fraction of sp³-hybridized carbons (Fsp3) is 0. The summed E-state index contributed by atoms with van der Waals surface area (Å²) in [5.74, 6) is -1.03. The van der Waals surface area contributed by atoms with Gasteiger partial charge in [0.1, 0.15) is 26.9 Å². The predicted molar refractivity (Wildman–Crippen MR) is 225 cm³/mol. The molecule has 61 heavy (non-hydrogen) atoms. The van der Waals surface area contributed by atoms with Crippen LogP contribution in [-0.4, -0.2) is 47.9 Å². The second-order valence-corrected chi connectivity index (χ2v) is 18.9. The summed E-state index contributed by atoms with van der Waals surface area (Å²) in [6, 6.07) is 21.5. The maximum absolute atomic E-state index is 13.1. The van der Waals surface area contributed by atoms with Gasteiger partial charge in [0.2, 0.25) is 0 Å². The maximum Gasteiger partial charge on any atom is 0.296 e. The Kier molecular flexibility index (Phi) is 11.7. The molecule has 0 bridgehead atoms. The highest BCUT2D eigenvalue weighted by molar-refractivity contribution is 7.94. The zero-order chi connectivity index (χ0) is 44.5. The van der Waals surface area contributed by atoms with Crippen LogP contribution in [0.5, 0.6) is 5.75 Å². The average molecular weight is 907 g/mol. The SMILES string of the molecule is C=CS(=O)(=O)c1ccc(/N=N/c2c(S(=O)(=O)O)cc3cc(S(=O)(=O)O)c(/N=N/c4ccc(S(=O)(=O)Nc5ccc(/N=N/c6ccc(N)cc6N)cc5)cc4)c(O)c3c2N)cc1. The highest BCUT2D eigenvalue weighted by Crippen LogP contribution is 2.48. The number of phenolic OH excluding ortho intramolecular Hbond substituents is 1. The summed E-state index contributed by atoms with van der Waals surface area (Å²) in [6.45, 7) is 3.24. The van der Waals surface area contributed by atoms with E-state index < -0.39 is 83.5 Å². The Morgan fingerprint density at radius 3 is 1.56 bits per heavy atom. The number of sulfone groups is 1. The maximum atomic E-state index is 13.1. The van der Waals surface area contributed by atoms with E-state index >= 15 is 0 Å². The number of phenols is 1. The van der Waals surface area contributed by atoms with Crippen LogP contribution in [0.3, 0.4) is 0 Å². The third kappa shape index (κ3) is 9.67. The number of nitrogen functional groups attached to an aromatic ring is 3. The number of nitrogens with two attached hydrogens (primary N) is 3. The molecule has 0 aromatic heterocycles. The van der Waals surface area contributed by atoms with Crippen LogP contribution < -0.4 is 21.9 Å². The van der Waals surface area contributed by atoms with E-state index in [1.54, 1.807) is 12.1 Å². The van der Waals surface area contributed by atoms with Gasteiger partial charge in [-0.05, 0) is 109 Å². The van der Waals surface area contributed by atoms with E-state index in [1.807, 2.05) is 0 Å². The Hall–Kier alpha value is -7.16. The van der Waals surface area contributed by atoms with Gasteiger partial charge in [-0.1, -0.05) is 6.58 Å². The standard InChI is InChI=1S/C36H30N10O11S4/c1-2-58(48,49)26-12-8-23(9-13-26)41-44-34-30(60(52,53)54)17-20-18-31(61(55,56)57)35(36(47)32(20)33(34)39)45-42-24-10-14-27(15-11-24)59(50,51)46-25-6-4-22(5-7-25)40-43-29-16-3-21(37)19-28(29)38/h2-19,46-47H,1,37-39H2,(H,52,53,54)(H,55,56,57)/b43-40+,44-41+,45-42+. The lowest BCUT2D eigenvalue weighted by atomic mass is 10.1. The zero-order valence-electron chi connectivity index (χ0n) is 30.8. The van der Waals surface area contributed by atoms with Crippen LogP contribution in [0.25, 0.3) is 10.8 Å². The summed E-state index contributed by atoms with van der Waals surface area (Å²) in [5, 5.41) is 34.7. The van der Waals surface area contributed by atoms with Gasteiger partial charge in [0, 0.05) is 16.8 Å². The van der Waals surface area contributed by atoms with Gasteiger partial charge in [0.05, 0.1) is 43.6 Å². The van der Waals surface area contributed by atoms with Crippen LogP contribution in [0.4, 0.5) is 56.9 Å². The molecule has 6 rings (SSSR count). The van der Waals surface area contributed by atoms with Gasteiger partial charge in [0.25, 0.3) is 30.3 Å². The van der Waals surface area contributed by atoms with Crippen molar-refractivity contribution in [3.63, 3.8) is 0 Å². The molecule has 0 atom stereocenters. The first-order valence-corrected chi connectivity index (χ1v) is 22.7. The highest BCUT2D eigenvalue weighted by atomic mass is 32.2. The summed E-state index contributed by atoms with van der Waals surface area (Å²) in [7, 11) is -18.4. The molecule has 6 aromatic rings. The number of aromatic hydroxyl groups is 1. The molecule has 0 amide bonds. The zero-order valence-corrected chi connectivity index (χ0v) is 34.0. The number of hydrogen-bond donors (Lipinski definition) is 7. The molecule has 6 aromatic carbocycles. The molecule has 0 unspecified atom stereocenters. The van der Waals surface area contributed by atoms with Gasteiger partial charge in [0.15, 0.2) is 15.6 Å². The summed E-state index contributed by atoms with van der Waals surface area (Å²) in [6.07, 6.45) is 0. The number of rotatable bonds is 13. The van der Waals surface area contributed by atoms with E-state index in [0.717, 1.165) is 17.5 Å². The molecule has 0 aliphatic heterocycles. The van der Waals surface area contributed by atoms with Gasteiger partial charge in [-0.3, -0.25) is 13.8 Å². The Labute approximate surface area is 347 Å². The van der Waals surface area contributed by atoms with Crippen molar-refractivity contribution < 1.29 is 47.9 Å². The molecule has 314 valence electrons. The fourth-order valence-corrected chi connectivity index (χ4v) is 8.49. The molecule has 0 heterocycles. The van der Waals surface area contributed by atoms with Crippen molar-refractivity contribution in [1.82, 2.24) is 0 Å². The minimum atomic E-state index is -5.23. The number of anilines is 4. The van der Waals surface area contributed by atoms with Gasteiger partial charge < -0.3 is 22.3 Å². The summed E-state index contributed by atoms with van der Waals surface area (Å²) in [4.78, 5) is -2.39. The smallest absolute Gasteiger partial charge is 0.296 e. The number of benzene rings is 6. The largest absolute Gasteiger partial charge is 0.505 e. The molecular formula is C36H30N10O11S4. The number of fused-ring (bicyclic) bond motifs is 1. The molecule has 10 N–H and O–H groups in total. The van der Waals surface area contributed by atoms with Crippen molar-refractivity contribution >= 4 is 108 Å². The molecule has 21 nitrogen and oxygen atoms in total. The van der Waals surface area contributed by atoms with E-state index in [2.05, 4.69) is 42.0 Å². The molecule has 0 spiro atoms. The van der Waals surface area contributed by atoms with Crippen molar-refractivity contribution in [3.8, 4) is 5.75 Å². The molecule has 0 saturated carbocycles. The Balaban J connectivity index is 1.29. The van der Waals surface area contributed by atoms with Crippen LogP contribution in [0.15, 0.2) is 165 Å². The number of sulfonamides is 1. The number of azo groups is 3. The van der Waals surface area contributed by atoms with Gasteiger partial charge in [-0.15, -0.1) is 15.3 Å². The van der Waals surface area contributed by atoms with E-state index in [1.165, 1.54) is 66.7 Å². The van der Waals surface area contributed by atoms with E-state index in [0.29, 0.717) is 34.9 Å². The number of nitrogens with one attached hydrogen (secondary N) is 1. The Bertz CT molecular complexity index is 3290. The lowest BCUT2D eigenvalue weighted by molar-refractivity contribution is 0.472. The third-order valence-electron chi connectivity index (χ3n) is 8.38. The second kappa shape index (κ2) is 16.5. The summed E-state index contributed by atoms with van der Waals surface area (Å²) >= 11 is 0. The van der Waals surface area contributed by atoms with Crippen molar-refractivity contribution in [2.24, 2.45) is 30.7 Å². The Morgan fingerprint density at radius 2 is 1.05 bits per heavy atom. The van der Waals surface area contributed by atoms with E-state index in [4.69, 9.17) is 17.2 Å². The molecular weight excluding hydrogens is 877 g/mol. The van der Waals surface area contributed by atoms with Crippen LogP contribution in [-0.2, 0) is 40.1 Å². The van der Waals surface area contributed by atoms with Crippen LogP contribution in [0, 0.1) is 0 Å². The molecule has 25 heteroatoms. The Morgan fingerprint density at radius 1 is 0.574 bits per heavy atom. The number of hydrogen-bond acceptors (Lipinski definition) is 18. The number of nitrogens with zero attached hydrogens (tertiary/aromatic N) is 6. The normalized spacial score (nSPS) is 12.8. The average Bonchev–Trinajstić information content (AvgIpc) is 3.19. The quantitative estimate of drug-likeness (QED) is 0.0331. The first-order chi connectivity index (χ1) is 28.6. The minimum absolute atomic E-state index is 0.00529. The first-order valence-electron chi connectivity index (χ1n) is 16.8. The monoisotopic (exact) mass is 906 g/mol.